The average molecular weight is 352 g/mol. The summed E-state index contributed by atoms with van der Waals surface area (Å²) in [7, 11) is 0. The van der Waals surface area contributed by atoms with Gasteiger partial charge in [-0.25, -0.2) is 4.68 Å². The second kappa shape index (κ2) is 6.37. The lowest BCUT2D eigenvalue weighted by Crippen LogP contribution is -2.15. The molecule has 0 spiro atoms. The van der Waals surface area contributed by atoms with E-state index in [4.69, 9.17) is 11.6 Å². The summed E-state index contributed by atoms with van der Waals surface area (Å²) in [6.45, 7) is 1.89. The minimum Gasteiger partial charge on any atom is -0.320 e. The summed E-state index contributed by atoms with van der Waals surface area (Å²) < 4.78 is 1.90. The molecule has 1 aromatic heterocycles. The highest BCUT2D eigenvalue weighted by Gasteiger charge is 2.27. The molecule has 4 nitrogen and oxygen atoms in total. The van der Waals surface area contributed by atoms with Gasteiger partial charge in [-0.05, 0) is 56.0 Å². The molecule has 0 radical (unpaired) electrons. The van der Waals surface area contributed by atoms with Crippen molar-refractivity contribution in [2.75, 3.05) is 5.32 Å². The van der Waals surface area contributed by atoms with Crippen LogP contribution in [0.4, 0.5) is 5.69 Å². The van der Waals surface area contributed by atoms with Crippen molar-refractivity contribution in [3.63, 3.8) is 0 Å². The minimum absolute atomic E-state index is 0.182. The van der Waals surface area contributed by atoms with Crippen LogP contribution < -0.4 is 5.32 Å². The first-order valence-electron chi connectivity index (χ1n) is 8.38. The standard InChI is InChI=1S/C20H18ClN3O/c1-13-16(21)10-6-11-17(13)22-20(25)19-15-9-5-12-18(15)24(23-19)14-7-3-2-4-8-14/h2-4,6-8,10-11H,5,9,12H2,1H3,(H,22,25). The molecule has 1 heterocycles. The molecular weight excluding hydrogens is 334 g/mol. The van der Waals surface area contributed by atoms with Gasteiger partial charge in [0.2, 0.25) is 0 Å². The number of carbonyl (C=O) groups excluding carboxylic acids is 1. The van der Waals surface area contributed by atoms with Crippen LogP contribution in [0.15, 0.2) is 48.5 Å². The predicted octanol–water partition coefficient (Wildman–Crippen LogP) is 4.58. The molecule has 1 N–H and O–H groups in total. The Bertz CT molecular complexity index is 947. The van der Waals surface area contributed by atoms with Crippen molar-refractivity contribution in [3.8, 4) is 5.69 Å². The SMILES string of the molecule is Cc1c(Cl)cccc1NC(=O)c1nn(-c2ccccc2)c2c1CCC2. The van der Waals surface area contributed by atoms with Crippen molar-refractivity contribution in [2.24, 2.45) is 0 Å². The van der Waals surface area contributed by atoms with Crippen molar-refractivity contribution in [3.05, 3.63) is 76.1 Å². The van der Waals surface area contributed by atoms with Crippen LogP contribution in [0.25, 0.3) is 5.69 Å². The fourth-order valence-corrected chi connectivity index (χ4v) is 3.50. The van der Waals surface area contributed by atoms with Crippen LogP contribution in [0.1, 0.15) is 33.7 Å². The third kappa shape index (κ3) is 2.83. The predicted molar refractivity (Wildman–Crippen MR) is 99.7 cm³/mol. The molecule has 2 aromatic carbocycles. The Hall–Kier alpha value is -2.59. The molecule has 3 aromatic rings. The summed E-state index contributed by atoms with van der Waals surface area (Å²) >= 11 is 6.15. The fraction of sp³-hybridized carbons (Fsp3) is 0.200. The highest BCUT2D eigenvalue weighted by Crippen LogP contribution is 2.29. The number of rotatable bonds is 3. The monoisotopic (exact) mass is 351 g/mol. The van der Waals surface area contributed by atoms with E-state index in [0.29, 0.717) is 10.7 Å². The Morgan fingerprint density at radius 3 is 2.72 bits per heavy atom. The molecule has 25 heavy (non-hydrogen) atoms. The molecule has 0 saturated carbocycles. The molecule has 1 amide bonds. The number of nitrogens with zero attached hydrogens (tertiary/aromatic N) is 2. The molecule has 126 valence electrons. The fourth-order valence-electron chi connectivity index (χ4n) is 3.33. The molecule has 0 atom stereocenters. The van der Waals surface area contributed by atoms with Gasteiger partial charge in [0.15, 0.2) is 5.69 Å². The lowest BCUT2D eigenvalue weighted by molar-refractivity contribution is 0.102. The number of amides is 1. The maximum atomic E-state index is 12.9. The smallest absolute Gasteiger partial charge is 0.276 e. The Balaban J connectivity index is 1.71. The van der Waals surface area contributed by atoms with Crippen molar-refractivity contribution in [2.45, 2.75) is 26.2 Å². The van der Waals surface area contributed by atoms with Gasteiger partial charge in [0, 0.05) is 22.0 Å². The summed E-state index contributed by atoms with van der Waals surface area (Å²) in [5, 5.41) is 8.22. The number of para-hydroxylation sites is 1. The van der Waals surface area contributed by atoms with E-state index in [-0.39, 0.29) is 5.91 Å². The second-order valence-corrected chi connectivity index (χ2v) is 6.65. The first-order chi connectivity index (χ1) is 12.1. The number of fused-ring (bicyclic) bond motifs is 1. The zero-order chi connectivity index (χ0) is 17.4. The first-order valence-corrected chi connectivity index (χ1v) is 8.75. The lowest BCUT2D eigenvalue weighted by Gasteiger charge is -2.09. The van der Waals surface area contributed by atoms with E-state index in [0.717, 1.165) is 47.5 Å². The van der Waals surface area contributed by atoms with Crippen LogP contribution >= 0.6 is 11.6 Å². The van der Waals surface area contributed by atoms with Crippen LogP contribution in [-0.2, 0) is 12.8 Å². The third-order valence-corrected chi connectivity index (χ3v) is 5.07. The van der Waals surface area contributed by atoms with E-state index in [2.05, 4.69) is 10.4 Å². The van der Waals surface area contributed by atoms with Crippen molar-refractivity contribution in [1.82, 2.24) is 9.78 Å². The molecule has 0 fully saturated rings. The highest BCUT2D eigenvalue weighted by atomic mass is 35.5. The van der Waals surface area contributed by atoms with Gasteiger partial charge in [-0.15, -0.1) is 0 Å². The van der Waals surface area contributed by atoms with Gasteiger partial charge in [-0.3, -0.25) is 4.79 Å². The molecular formula is C20H18ClN3O. The number of halogens is 1. The van der Waals surface area contributed by atoms with Crippen LogP contribution in [0.5, 0.6) is 0 Å². The lowest BCUT2D eigenvalue weighted by atomic mass is 10.1. The van der Waals surface area contributed by atoms with Crippen molar-refractivity contribution >= 4 is 23.2 Å². The van der Waals surface area contributed by atoms with E-state index in [9.17, 15) is 4.79 Å². The van der Waals surface area contributed by atoms with Crippen LogP contribution in [-0.4, -0.2) is 15.7 Å². The van der Waals surface area contributed by atoms with Gasteiger partial charge in [-0.1, -0.05) is 35.9 Å². The zero-order valence-electron chi connectivity index (χ0n) is 13.9. The molecule has 0 unspecified atom stereocenters. The quantitative estimate of drug-likeness (QED) is 0.751. The van der Waals surface area contributed by atoms with Crippen LogP contribution in [0.2, 0.25) is 5.02 Å². The Kier molecular flexibility index (Phi) is 4.06. The number of anilines is 1. The Morgan fingerprint density at radius 1 is 1.12 bits per heavy atom. The van der Waals surface area contributed by atoms with Crippen LogP contribution in [0, 0.1) is 6.92 Å². The van der Waals surface area contributed by atoms with Gasteiger partial charge in [0.25, 0.3) is 5.91 Å². The number of aromatic nitrogens is 2. The number of carbonyl (C=O) groups is 1. The van der Waals surface area contributed by atoms with E-state index < -0.39 is 0 Å². The highest BCUT2D eigenvalue weighted by molar-refractivity contribution is 6.31. The maximum Gasteiger partial charge on any atom is 0.276 e. The van der Waals surface area contributed by atoms with Gasteiger partial charge in [-0.2, -0.15) is 5.10 Å². The molecule has 0 saturated heterocycles. The van der Waals surface area contributed by atoms with Crippen molar-refractivity contribution in [1.29, 1.82) is 0 Å². The molecule has 1 aliphatic rings. The number of hydrogen-bond acceptors (Lipinski definition) is 2. The summed E-state index contributed by atoms with van der Waals surface area (Å²) in [4.78, 5) is 12.9. The van der Waals surface area contributed by atoms with E-state index in [1.165, 1.54) is 0 Å². The van der Waals surface area contributed by atoms with E-state index in [1.807, 2.05) is 60.1 Å². The summed E-state index contributed by atoms with van der Waals surface area (Å²) in [6.07, 6.45) is 2.89. The largest absolute Gasteiger partial charge is 0.320 e. The van der Waals surface area contributed by atoms with E-state index >= 15 is 0 Å². The van der Waals surface area contributed by atoms with Crippen LogP contribution in [0.3, 0.4) is 0 Å². The van der Waals surface area contributed by atoms with Gasteiger partial charge >= 0.3 is 0 Å². The summed E-state index contributed by atoms with van der Waals surface area (Å²) in [6, 6.07) is 15.5. The summed E-state index contributed by atoms with van der Waals surface area (Å²) in [5.74, 6) is -0.182. The first kappa shape index (κ1) is 15.9. The van der Waals surface area contributed by atoms with Gasteiger partial charge < -0.3 is 5.32 Å². The Morgan fingerprint density at radius 2 is 1.92 bits per heavy atom. The topological polar surface area (TPSA) is 46.9 Å². The summed E-state index contributed by atoms with van der Waals surface area (Å²) in [5.41, 5.74) is 5.27. The number of benzene rings is 2. The molecule has 0 aliphatic heterocycles. The maximum absolute atomic E-state index is 12.9. The van der Waals surface area contributed by atoms with Gasteiger partial charge in [0.1, 0.15) is 0 Å². The molecule has 1 aliphatic carbocycles. The number of hydrogen-bond donors (Lipinski definition) is 1. The second-order valence-electron chi connectivity index (χ2n) is 6.24. The molecule has 5 heteroatoms. The Labute approximate surface area is 151 Å². The zero-order valence-corrected chi connectivity index (χ0v) is 14.7. The molecule has 0 bridgehead atoms. The molecule has 4 rings (SSSR count). The minimum atomic E-state index is -0.182. The third-order valence-electron chi connectivity index (χ3n) is 4.66. The van der Waals surface area contributed by atoms with Crippen molar-refractivity contribution < 1.29 is 4.79 Å². The number of nitrogens with one attached hydrogen (secondary N) is 1. The normalized spacial score (nSPS) is 12.9. The van der Waals surface area contributed by atoms with E-state index in [1.54, 1.807) is 0 Å². The average Bonchev–Trinajstić information content (AvgIpc) is 3.22. The van der Waals surface area contributed by atoms with Gasteiger partial charge in [0.05, 0.1) is 5.69 Å².